The fraction of sp³-hybridized carbons (Fsp3) is 0.292. The van der Waals surface area contributed by atoms with Crippen molar-refractivity contribution in [2.75, 3.05) is 5.32 Å². The van der Waals surface area contributed by atoms with E-state index in [0.717, 1.165) is 51.0 Å². The number of halogens is 1. The molecule has 0 fully saturated rings. The Morgan fingerprint density at radius 2 is 1.90 bits per heavy atom. The molecule has 160 valence electrons. The van der Waals surface area contributed by atoms with E-state index in [-0.39, 0.29) is 0 Å². The van der Waals surface area contributed by atoms with E-state index in [2.05, 4.69) is 40.3 Å². The summed E-state index contributed by atoms with van der Waals surface area (Å²) in [5.41, 5.74) is 4.63. The van der Waals surface area contributed by atoms with Crippen LogP contribution in [0, 0.1) is 0 Å². The Kier molecular flexibility index (Phi) is 6.34. The fourth-order valence-corrected chi connectivity index (χ4v) is 4.26. The second-order valence-electron chi connectivity index (χ2n) is 7.67. The third-order valence-electron chi connectivity index (χ3n) is 5.25. The number of nitrogens with one attached hydrogen (secondary N) is 1. The van der Waals surface area contributed by atoms with Gasteiger partial charge in [0.1, 0.15) is 5.82 Å². The Morgan fingerprint density at radius 3 is 2.61 bits per heavy atom. The minimum atomic E-state index is -0.596. The highest BCUT2D eigenvalue weighted by Crippen LogP contribution is 2.32. The van der Waals surface area contributed by atoms with Gasteiger partial charge in [0.05, 0.1) is 17.2 Å². The third-order valence-corrected chi connectivity index (χ3v) is 5.97. The Morgan fingerprint density at radius 1 is 1.13 bits per heavy atom. The van der Waals surface area contributed by atoms with Crippen molar-refractivity contribution in [1.82, 2.24) is 19.7 Å². The van der Waals surface area contributed by atoms with Crippen molar-refractivity contribution in [3.63, 3.8) is 0 Å². The molecule has 31 heavy (non-hydrogen) atoms. The molecule has 2 N–H and O–H groups in total. The molecule has 0 bridgehead atoms. The molecular weight excluding hydrogens is 454 g/mol. The van der Waals surface area contributed by atoms with E-state index >= 15 is 0 Å². The van der Waals surface area contributed by atoms with Gasteiger partial charge in [-0.25, -0.2) is 14.6 Å². The number of hydrogen-bond acceptors (Lipinski definition) is 5. The number of aliphatic hydroxyl groups excluding tert-OH is 1. The lowest BCUT2D eigenvalue weighted by Crippen LogP contribution is -2.05. The van der Waals surface area contributed by atoms with Gasteiger partial charge in [-0.05, 0) is 36.6 Å². The molecule has 0 radical (unpaired) electrons. The first-order valence-electron chi connectivity index (χ1n) is 10.5. The van der Waals surface area contributed by atoms with Crippen LogP contribution in [0.3, 0.4) is 0 Å². The summed E-state index contributed by atoms with van der Waals surface area (Å²) in [7, 11) is 1.92. The van der Waals surface area contributed by atoms with Gasteiger partial charge in [-0.3, -0.25) is 0 Å². The van der Waals surface area contributed by atoms with Crippen molar-refractivity contribution in [1.29, 1.82) is 0 Å². The molecule has 7 heteroatoms. The lowest BCUT2D eigenvalue weighted by molar-refractivity contribution is 0.198. The van der Waals surface area contributed by atoms with Crippen LogP contribution in [0.15, 0.2) is 53.0 Å². The third kappa shape index (κ3) is 4.48. The summed E-state index contributed by atoms with van der Waals surface area (Å²) in [5.74, 6) is 1.38. The molecule has 6 nitrogen and oxygen atoms in total. The summed E-state index contributed by atoms with van der Waals surface area (Å²) in [4.78, 5) is 9.75. The second kappa shape index (κ2) is 9.16. The van der Waals surface area contributed by atoms with Crippen molar-refractivity contribution in [3.8, 4) is 11.4 Å². The van der Waals surface area contributed by atoms with Crippen LogP contribution in [0.2, 0.25) is 0 Å². The first-order valence-corrected chi connectivity index (χ1v) is 11.3. The van der Waals surface area contributed by atoms with Crippen LogP contribution < -0.4 is 5.32 Å². The first-order chi connectivity index (χ1) is 15.0. The summed E-state index contributed by atoms with van der Waals surface area (Å²) in [6.07, 6.45) is 1.27. The average molecular weight is 480 g/mol. The van der Waals surface area contributed by atoms with Crippen molar-refractivity contribution in [2.45, 2.75) is 39.3 Å². The van der Waals surface area contributed by atoms with Crippen LogP contribution in [-0.2, 0) is 20.0 Å². The van der Waals surface area contributed by atoms with E-state index < -0.39 is 6.10 Å². The number of hydrogen-bond donors (Lipinski definition) is 2. The standard InChI is InChI=1S/C24H26BrN5O/c1-4-8-20-21-23(26-14-16-9-6-5-7-10-16)27-22(28-24(21)30(3)29-20)17-11-12-19(25)18(13-17)15(2)31/h5-7,9-13,15,31H,4,8,14H2,1-3H3,(H,26,27,28). The number of fused-ring (bicyclic) bond motifs is 1. The molecule has 0 amide bonds. The minimum absolute atomic E-state index is 0.596. The number of benzene rings is 2. The summed E-state index contributed by atoms with van der Waals surface area (Å²) in [6, 6.07) is 16.1. The van der Waals surface area contributed by atoms with E-state index in [1.807, 2.05) is 48.1 Å². The van der Waals surface area contributed by atoms with Crippen molar-refractivity contribution >= 4 is 32.8 Å². The molecule has 0 aliphatic rings. The maximum atomic E-state index is 10.1. The molecule has 2 aromatic carbocycles. The molecule has 1 unspecified atom stereocenters. The number of aliphatic hydroxyl groups is 1. The topological polar surface area (TPSA) is 75.9 Å². The lowest BCUT2D eigenvalue weighted by Gasteiger charge is -2.12. The minimum Gasteiger partial charge on any atom is -0.389 e. The van der Waals surface area contributed by atoms with Crippen LogP contribution in [0.25, 0.3) is 22.4 Å². The molecule has 0 aliphatic carbocycles. The van der Waals surface area contributed by atoms with E-state index in [0.29, 0.717) is 12.4 Å². The molecule has 0 spiro atoms. The molecule has 4 rings (SSSR count). The smallest absolute Gasteiger partial charge is 0.164 e. The van der Waals surface area contributed by atoms with Gasteiger partial charge in [-0.1, -0.05) is 65.7 Å². The van der Waals surface area contributed by atoms with Crippen LogP contribution >= 0.6 is 15.9 Å². The lowest BCUT2D eigenvalue weighted by atomic mass is 10.1. The van der Waals surface area contributed by atoms with Crippen LogP contribution in [0.1, 0.15) is 43.2 Å². The molecular formula is C24H26BrN5O. The van der Waals surface area contributed by atoms with Gasteiger partial charge in [0.2, 0.25) is 0 Å². The zero-order chi connectivity index (χ0) is 22.0. The highest BCUT2D eigenvalue weighted by atomic mass is 79.9. The Balaban J connectivity index is 1.84. The van der Waals surface area contributed by atoms with Gasteiger partial charge < -0.3 is 10.4 Å². The molecule has 0 saturated heterocycles. The SMILES string of the molecule is CCCc1nn(C)c2nc(-c3ccc(Br)c(C(C)O)c3)nc(NCc3ccccc3)c12. The number of rotatable bonds is 7. The Bertz CT molecular complexity index is 1200. The maximum Gasteiger partial charge on any atom is 0.164 e. The van der Waals surface area contributed by atoms with Crippen LogP contribution in [-0.4, -0.2) is 24.9 Å². The maximum absolute atomic E-state index is 10.1. The second-order valence-corrected chi connectivity index (χ2v) is 8.52. The molecule has 4 aromatic rings. The zero-order valence-electron chi connectivity index (χ0n) is 17.9. The summed E-state index contributed by atoms with van der Waals surface area (Å²) in [6.45, 7) is 4.55. The normalized spacial score (nSPS) is 12.3. The van der Waals surface area contributed by atoms with Gasteiger partial charge in [0.25, 0.3) is 0 Å². The van der Waals surface area contributed by atoms with Crippen molar-refractivity contribution in [3.05, 3.63) is 69.8 Å². The van der Waals surface area contributed by atoms with Gasteiger partial charge in [0, 0.05) is 23.6 Å². The van der Waals surface area contributed by atoms with Gasteiger partial charge >= 0.3 is 0 Å². The number of anilines is 1. The van der Waals surface area contributed by atoms with E-state index in [1.165, 1.54) is 5.56 Å². The first kappa shape index (κ1) is 21.5. The summed E-state index contributed by atoms with van der Waals surface area (Å²) < 4.78 is 2.69. The van der Waals surface area contributed by atoms with Gasteiger partial charge in [-0.15, -0.1) is 0 Å². The van der Waals surface area contributed by atoms with E-state index in [9.17, 15) is 5.11 Å². The molecule has 0 aliphatic heterocycles. The Labute approximate surface area is 190 Å². The predicted molar refractivity (Wildman–Crippen MR) is 128 cm³/mol. The summed E-state index contributed by atoms with van der Waals surface area (Å²) >= 11 is 3.51. The average Bonchev–Trinajstić information content (AvgIpc) is 3.08. The van der Waals surface area contributed by atoms with Gasteiger partial charge in [0.15, 0.2) is 11.5 Å². The number of nitrogens with zero attached hydrogens (tertiary/aromatic N) is 4. The number of aryl methyl sites for hydroxylation is 2. The van der Waals surface area contributed by atoms with Crippen LogP contribution in [0.5, 0.6) is 0 Å². The fourth-order valence-electron chi connectivity index (χ4n) is 3.68. The monoisotopic (exact) mass is 479 g/mol. The van der Waals surface area contributed by atoms with Crippen molar-refractivity contribution in [2.24, 2.45) is 7.05 Å². The predicted octanol–water partition coefficient (Wildman–Crippen LogP) is 5.41. The quantitative estimate of drug-likeness (QED) is 0.370. The highest BCUT2D eigenvalue weighted by molar-refractivity contribution is 9.10. The van der Waals surface area contributed by atoms with Gasteiger partial charge in [-0.2, -0.15) is 5.10 Å². The Hall–Kier alpha value is -2.77. The molecule has 0 saturated carbocycles. The molecule has 2 aromatic heterocycles. The number of aromatic nitrogens is 4. The van der Waals surface area contributed by atoms with Crippen LogP contribution in [0.4, 0.5) is 5.82 Å². The highest BCUT2D eigenvalue weighted by Gasteiger charge is 2.19. The molecule has 2 heterocycles. The van der Waals surface area contributed by atoms with Crippen molar-refractivity contribution < 1.29 is 5.11 Å². The van der Waals surface area contributed by atoms with E-state index in [1.54, 1.807) is 6.92 Å². The van der Waals surface area contributed by atoms with E-state index in [4.69, 9.17) is 15.1 Å². The molecule has 1 atom stereocenters. The summed E-state index contributed by atoms with van der Waals surface area (Å²) in [5, 5.41) is 19.3. The zero-order valence-corrected chi connectivity index (χ0v) is 19.5. The largest absolute Gasteiger partial charge is 0.389 e.